The zero-order valence-electron chi connectivity index (χ0n) is 11.0. The second-order valence-electron chi connectivity index (χ2n) is 4.38. The van der Waals surface area contributed by atoms with Crippen molar-refractivity contribution < 1.29 is 9.13 Å². The van der Waals surface area contributed by atoms with Crippen LogP contribution < -0.4 is 10.5 Å². The van der Waals surface area contributed by atoms with Crippen molar-refractivity contribution in [2.45, 2.75) is 26.9 Å². The van der Waals surface area contributed by atoms with E-state index >= 15 is 0 Å². The highest BCUT2D eigenvalue weighted by Crippen LogP contribution is 2.23. The second kappa shape index (κ2) is 5.17. The van der Waals surface area contributed by atoms with Crippen LogP contribution in [-0.4, -0.2) is 21.1 Å². The molecule has 5 nitrogen and oxygen atoms in total. The van der Waals surface area contributed by atoms with Gasteiger partial charge in [-0.1, -0.05) is 12.1 Å². The molecule has 0 radical (unpaired) electrons. The molecule has 0 unspecified atom stereocenters. The van der Waals surface area contributed by atoms with Crippen LogP contribution in [0.15, 0.2) is 18.2 Å². The van der Waals surface area contributed by atoms with Crippen molar-refractivity contribution in [1.29, 1.82) is 0 Å². The number of nitrogens with two attached hydrogens (primary N) is 1. The molecule has 0 saturated heterocycles. The van der Waals surface area contributed by atoms with E-state index in [1.165, 1.54) is 6.07 Å². The van der Waals surface area contributed by atoms with Gasteiger partial charge in [-0.05, 0) is 32.4 Å². The molecule has 0 spiro atoms. The Kier molecular flexibility index (Phi) is 3.59. The molecule has 0 fully saturated rings. The van der Waals surface area contributed by atoms with E-state index in [4.69, 9.17) is 10.5 Å². The summed E-state index contributed by atoms with van der Waals surface area (Å²) in [6.45, 7) is 5.37. The number of hydrogen-bond donors (Lipinski definition) is 1. The maximum atomic E-state index is 13.5. The largest absolute Gasteiger partial charge is 0.461 e. The lowest BCUT2D eigenvalue weighted by Crippen LogP contribution is -2.11. The van der Waals surface area contributed by atoms with Crippen LogP contribution in [0.2, 0.25) is 0 Å². The van der Waals surface area contributed by atoms with Gasteiger partial charge in [0.25, 0.3) is 0 Å². The summed E-state index contributed by atoms with van der Waals surface area (Å²) in [5.74, 6) is 0.0345. The van der Waals surface area contributed by atoms with Gasteiger partial charge in [0.15, 0.2) is 5.82 Å². The third-order valence-corrected chi connectivity index (χ3v) is 2.48. The van der Waals surface area contributed by atoms with E-state index in [1.54, 1.807) is 19.1 Å². The Balaban J connectivity index is 2.50. The summed E-state index contributed by atoms with van der Waals surface area (Å²) in [6, 6.07) is 4.85. The smallest absolute Gasteiger partial charge is 0.322 e. The number of anilines is 1. The number of nitrogens with zero attached hydrogens (tertiary/aromatic N) is 3. The van der Waals surface area contributed by atoms with Gasteiger partial charge in [-0.3, -0.25) is 0 Å². The number of hydrogen-bond acceptors (Lipinski definition) is 5. The average Bonchev–Trinajstić information content (AvgIpc) is 2.31. The second-order valence-corrected chi connectivity index (χ2v) is 4.38. The molecule has 6 heteroatoms. The highest BCUT2D eigenvalue weighted by molar-refractivity contribution is 5.61. The SMILES string of the molecule is Cc1c(F)cccc1-c1nc(N)nc(OC(C)C)n1. The van der Waals surface area contributed by atoms with E-state index in [-0.39, 0.29) is 23.9 Å². The number of aromatic nitrogens is 3. The first-order valence-electron chi connectivity index (χ1n) is 5.91. The van der Waals surface area contributed by atoms with Gasteiger partial charge in [0.1, 0.15) is 5.82 Å². The Morgan fingerprint density at radius 1 is 1.21 bits per heavy atom. The quantitative estimate of drug-likeness (QED) is 0.919. The van der Waals surface area contributed by atoms with Crippen LogP contribution >= 0.6 is 0 Å². The summed E-state index contributed by atoms with van der Waals surface area (Å²) in [7, 11) is 0. The molecule has 0 aliphatic rings. The van der Waals surface area contributed by atoms with Crippen molar-refractivity contribution >= 4 is 5.95 Å². The minimum Gasteiger partial charge on any atom is -0.461 e. The minimum atomic E-state index is -0.317. The standard InChI is InChI=1S/C13H15FN4O/c1-7(2)19-13-17-11(16-12(15)18-13)9-5-4-6-10(14)8(9)3/h4-7H,1-3H3,(H2,15,16,17,18). The van der Waals surface area contributed by atoms with Crippen molar-refractivity contribution in [3.63, 3.8) is 0 Å². The lowest BCUT2D eigenvalue weighted by Gasteiger charge is -2.10. The van der Waals surface area contributed by atoms with Crippen molar-refractivity contribution in [2.75, 3.05) is 5.73 Å². The van der Waals surface area contributed by atoms with Crippen LogP contribution in [0.1, 0.15) is 19.4 Å². The average molecular weight is 262 g/mol. The summed E-state index contributed by atoms with van der Waals surface area (Å²) in [6.07, 6.45) is -0.0803. The van der Waals surface area contributed by atoms with E-state index < -0.39 is 0 Å². The third kappa shape index (κ3) is 2.96. The molecular weight excluding hydrogens is 247 g/mol. The summed E-state index contributed by atoms with van der Waals surface area (Å²) < 4.78 is 18.9. The lowest BCUT2D eigenvalue weighted by molar-refractivity contribution is 0.222. The summed E-state index contributed by atoms with van der Waals surface area (Å²) in [5, 5.41) is 0. The molecule has 0 aliphatic heterocycles. The minimum absolute atomic E-state index is 0.0457. The van der Waals surface area contributed by atoms with Crippen LogP contribution in [0.25, 0.3) is 11.4 Å². The molecule has 2 rings (SSSR count). The molecule has 2 aromatic rings. The zero-order valence-corrected chi connectivity index (χ0v) is 11.0. The molecule has 0 aliphatic carbocycles. The molecule has 100 valence electrons. The topological polar surface area (TPSA) is 73.9 Å². The Morgan fingerprint density at radius 3 is 2.63 bits per heavy atom. The first-order valence-corrected chi connectivity index (χ1v) is 5.91. The van der Waals surface area contributed by atoms with Crippen molar-refractivity contribution in [3.8, 4) is 17.4 Å². The molecule has 19 heavy (non-hydrogen) atoms. The lowest BCUT2D eigenvalue weighted by atomic mass is 10.1. The number of rotatable bonds is 3. The van der Waals surface area contributed by atoms with Crippen molar-refractivity contribution in [1.82, 2.24) is 15.0 Å². The fraction of sp³-hybridized carbons (Fsp3) is 0.308. The van der Waals surface area contributed by atoms with Crippen LogP contribution in [-0.2, 0) is 0 Å². The predicted octanol–water partition coefficient (Wildman–Crippen LogP) is 2.36. The number of halogens is 1. The Morgan fingerprint density at radius 2 is 1.95 bits per heavy atom. The van der Waals surface area contributed by atoms with Gasteiger partial charge >= 0.3 is 6.01 Å². The van der Waals surface area contributed by atoms with Crippen molar-refractivity contribution in [2.24, 2.45) is 0 Å². The summed E-state index contributed by atoms with van der Waals surface area (Å²) >= 11 is 0. The van der Waals surface area contributed by atoms with Gasteiger partial charge in [-0.15, -0.1) is 0 Å². The number of nitrogen functional groups attached to an aromatic ring is 1. The van der Waals surface area contributed by atoms with Crippen LogP contribution in [0, 0.1) is 12.7 Å². The molecule has 1 aromatic heterocycles. The number of benzene rings is 1. The summed E-state index contributed by atoms with van der Waals surface area (Å²) in [4.78, 5) is 12.1. The van der Waals surface area contributed by atoms with Gasteiger partial charge in [0, 0.05) is 5.56 Å². The van der Waals surface area contributed by atoms with E-state index in [0.717, 1.165) is 0 Å². The molecule has 0 amide bonds. The van der Waals surface area contributed by atoms with E-state index in [2.05, 4.69) is 15.0 Å². The highest BCUT2D eigenvalue weighted by atomic mass is 19.1. The zero-order chi connectivity index (χ0) is 14.0. The molecule has 0 bridgehead atoms. The molecule has 1 heterocycles. The first kappa shape index (κ1) is 13.2. The van der Waals surface area contributed by atoms with E-state index in [0.29, 0.717) is 17.0 Å². The van der Waals surface area contributed by atoms with Crippen LogP contribution in [0.4, 0.5) is 10.3 Å². The Bertz CT molecular complexity index is 601. The Hall–Kier alpha value is -2.24. The number of ether oxygens (including phenoxy) is 1. The van der Waals surface area contributed by atoms with E-state index in [1.807, 2.05) is 13.8 Å². The third-order valence-electron chi connectivity index (χ3n) is 2.48. The van der Waals surface area contributed by atoms with Gasteiger partial charge in [-0.2, -0.15) is 15.0 Å². The molecule has 2 N–H and O–H groups in total. The van der Waals surface area contributed by atoms with Gasteiger partial charge in [0.2, 0.25) is 5.95 Å². The molecule has 0 atom stereocenters. The normalized spacial score (nSPS) is 10.8. The van der Waals surface area contributed by atoms with E-state index in [9.17, 15) is 4.39 Å². The van der Waals surface area contributed by atoms with Gasteiger partial charge in [-0.25, -0.2) is 4.39 Å². The maximum Gasteiger partial charge on any atom is 0.322 e. The highest BCUT2D eigenvalue weighted by Gasteiger charge is 2.12. The fourth-order valence-corrected chi connectivity index (χ4v) is 1.61. The maximum absolute atomic E-state index is 13.5. The molecular formula is C13H15FN4O. The molecule has 1 aromatic carbocycles. The fourth-order valence-electron chi connectivity index (χ4n) is 1.61. The van der Waals surface area contributed by atoms with Crippen molar-refractivity contribution in [3.05, 3.63) is 29.6 Å². The van der Waals surface area contributed by atoms with Crippen LogP contribution in [0.3, 0.4) is 0 Å². The van der Waals surface area contributed by atoms with Crippen LogP contribution in [0.5, 0.6) is 6.01 Å². The van der Waals surface area contributed by atoms with Gasteiger partial charge in [0.05, 0.1) is 6.10 Å². The summed E-state index contributed by atoms with van der Waals surface area (Å²) in [5.41, 5.74) is 6.66. The Labute approximate surface area is 110 Å². The van der Waals surface area contributed by atoms with Gasteiger partial charge < -0.3 is 10.5 Å². The predicted molar refractivity (Wildman–Crippen MR) is 70.1 cm³/mol. The monoisotopic (exact) mass is 262 g/mol. The molecule has 0 saturated carbocycles. The first-order chi connectivity index (χ1) is 8.97.